The molecule has 1 fully saturated rings. The van der Waals surface area contributed by atoms with Gasteiger partial charge in [0, 0.05) is 5.02 Å². The smallest absolute Gasteiger partial charge is 0.156 e. The van der Waals surface area contributed by atoms with E-state index in [0.29, 0.717) is 27.4 Å². The first-order valence-electron chi connectivity index (χ1n) is 5.85. The largest absolute Gasteiger partial charge is 0.485 e. The first-order valence-corrected chi connectivity index (χ1v) is 6.99. The van der Waals surface area contributed by atoms with Crippen LogP contribution < -0.4 is 9.64 Å². The molecule has 1 aliphatic rings. The minimum absolute atomic E-state index is 0.449. The molecule has 1 aliphatic heterocycles. The van der Waals surface area contributed by atoms with Crippen molar-refractivity contribution in [3.63, 3.8) is 0 Å². The van der Waals surface area contributed by atoms with Crippen LogP contribution in [0.4, 0.5) is 0 Å². The number of morpholine rings is 1. The summed E-state index contributed by atoms with van der Waals surface area (Å²) in [5.41, 5.74) is 0. The maximum absolute atomic E-state index is 6.04. The molecule has 0 spiro atoms. The van der Waals surface area contributed by atoms with E-state index in [1.807, 2.05) is 0 Å². The highest BCUT2D eigenvalue weighted by molar-refractivity contribution is 6.40. The van der Waals surface area contributed by atoms with E-state index < -0.39 is 0 Å². The van der Waals surface area contributed by atoms with Gasteiger partial charge in [0.15, 0.2) is 5.75 Å². The molecule has 18 heavy (non-hydrogen) atoms. The molecule has 0 bridgehead atoms. The molecule has 1 heterocycles. The Labute approximate surface area is 122 Å². The van der Waals surface area contributed by atoms with E-state index in [9.17, 15) is 0 Å². The van der Waals surface area contributed by atoms with Crippen molar-refractivity contribution in [2.45, 2.75) is 0 Å². The van der Waals surface area contributed by atoms with E-state index in [4.69, 9.17) is 44.3 Å². The van der Waals surface area contributed by atoms with E-state index in [0.717, 1.165) is 32.8 Å². The molecule has 2 rings (SSSR count). The fourth-order valence-electron chi connectivity index (χ4n) is 1.87. The molecule has 0 unspecified atom stereocenters. The Morgan fingerprint density at radius 1 is 1.11 bits per heavy atom. The second kappa shape index (κ2) is 6.83. The lowest BCUT2D eigenvalue weighted by Crippen LogP contribution is -3.14. The Balaban J connectivity index is 1.86. The number of hydrogen-bond acceptors (Lipinski definition) is 2. The first-order chi connectivity index (χ1) is 8.66. The molecule has 6 heteroatoms. The minimum Gasteiger partial charge on any atom is -0.485 e. The Hall–Kier alpha value is -0.190. The van der Waals surface area contributed by atoms with Gasteiger partial charge in [0.1, 0.15) is 26.2 Å². The number of nitrogens with one attached hydrogen (secondary N) is 1. The second-order valence-corrected chi connectivity index (χ2v) is 5.41. The summed E-state index contributed by atoms with van der Waals surface area (Å²) in [5.74, 6) is 0.510. The molecule has 0 radical (unpaired) electrons. The van der Waals surface area contributed by atoms with Gasteiger partial charge in [-0.05, 0) is 12.1 Å². The van der Waals surface area contributed by atoms with E-state index in [-0.39, 0.29) is 0 Å². The Bertz CT molecular complexity index is 385. The van der Waals surface area contributed by atoms with Crippen molar-refractivity contribution < 1.29 is 14.4 Å². The van der Waals surface area contributed by atoms with E-state index in [1.165, 1.54) is 4.90 Å². The number of halogens is 3. The summed E-state index contributed by atoms with van der Waals surface area (Å²) in [5, 5.41) is 1.41. The number of quaternary nitrogens is 1. The predicted molar refractivity (Wildman–Crippen MR) is 73.3 cm³/mol. The van der Waals surface area contributed by atoms with Crippen molar-refractivity contribution in [2.24, 2.45) is 0 Å². The van der Waals surface area contributed by atoms with Gasteiger partial charge >= 0.3 is 0 Å². The van der Waals surface area contributed by atoms with Crippen LogP contribution in [-0.2, 0) is 4.74 Å². The van der Waals surface area contributed by atoms with Crippen molar-refractivity contribution >= 4 is 34.8 Å². The Morgan fingerprint density at radius 3 is 2.33 bits per heavy atom. The Morgan fingerprint density at radius 2 is 1.72 bits per heavy atom. The molecule has 0 aliphatic carbocycles. The SMILES string of the molecule is Clc1cc(Cl)c(OCC[NH+]2CCOCC2)c(Cl)c1. The minimum atomic E-state index is 0.449. The average Bonchev–Trinajstić information content (AvgIpc) is 2.34. The summed E-state index contributed by atoms with van der Waals surface area (Å²) in [6.07, 6.45) is 0. The van der Waals surface area contributed by atoms with E-state index in [1.54, 1.807) is 12.1 Å². The highest BCUT2D eigenvalue weighted by Gasteiger charge is 2.15. The molecule has 0 atom stereocenters. The molecule has 1 N–H and O–H groups in total. The highest BCUT2D eigenvalue weighted by atomic mass is 35.5. The summed E-state index contributed by atoms with van der Waals surface area (Å²) in [7, 11) is 0. The van der Waals surface area contributed by atoms with Gasteiger partial charge in [0.25, 0.3) is 0 Å². The zero-order valence-electron chi connectivity index (χ0n) is 9.85. The molecule has 3 nitrogen and oxygen atoms in total. The molecule has 0 saturated carbocycles. The van der Waals surface area contributed by atoms with Gasteiger partial charge in [0.05, 0.1) is 23.3 Å². The van der Waals surface area contributed by atoms with Crippen LogP contribution in [0.15, 0.2) is 12.1 Å². The first kappa shape index (κ1) is 14.2. The third-order valence-corrected chi connectivity index (χ3v) is 3.64. The average molecular weight is 312 g/mol. The second-order valence-electron chi connectivity index (χ2n) is 4.16. The van der Waals surface area contributed by atoms with Crippen molar-refractivity contribution in [1.29, 1.82) is 0 Å². The molecule has 1 aromatic rings. The van der Waals surface area contributed by atoms with Crippen LogP contribution in [0.2, 0.25) is 15.1 Å². The van der Waals surface area contributed by atoms with Crippen LogP contribution in [-0.4, -0.2) is 39.5 Å². The molecular weight excluding hydrogens is 296 g/mol. The zero-order valence-corrected chi connectivity index (χ0v) is 12.1. The van der Waals surface area contributed by atoms with E-state index in [2.05, 4.69) is 0 Å². The summed E-state index contributed by atoms with van der Waals surface area (Å²) >= 11 is 17.9. The summed E-state index contributed by atoms with van der Waals surface area (Å²) in [6, 6.07) is 3.26. The molecule has 0 aromatic heterocycles. The topological polar surface area (TPSA) is 22.9 Å². The lowest BCUT2D eigenvalue weighted by Gasteiger charge is -2.23. The van der Waals surface area contributed by atoms with Crippen molar-refractivity contribution in [3.8, 4) is 5.75 Å². The molecule has 100 valence electrons. The maximum atomic E-state index is 6.04. The van der Waals surface area contributed by atoms with Crippen molar-refractivity contribution in [1.82, 2.24) is 0 Å². The van der Waals surface area contributed by atoms with Gasteiger partial charge in [-0.2, -0.15) is 0 Å². The quantitative estimate of drug-likeness (QED) is 0.918. The number of benzene rings is 1. The van der Waals surface area contributed by atoms with Gasteiger partial charge in [-0.1, -0.05) is 34.8 Å². The predicted octanol–water partition coefficient (Wildman–Crippen LogP) is 1.94. The molecule has 0 amide bonds. The van der Waals surface area contributed by atoms with Crippen LogP contribution in [0.5, 0.6) is 5.75 Å². The van der Waals surface area contributed by atoms with Crippen LogP contribution >= 0.6 is 34.8 Å². The number of rotatable bonds is 4. The van der Waals surface area contributed by atoms with Crippen LogP contribution in [0.3, 0.4) is 0 Å². The van der Waals surface area contributed by atoms with Gasteiger partial charge < -0.3 is 14.4 Å². The third-order valence-electron chi connectivity index (χ3n) is 2.86. The maximum Gasteiger partial charge on any atom is 0.156 e. The van der Waals surface area contributed by atoms with Gasteiger partial charge in [-0.15, -0.1) is 0 Å². The van der Waals surface area contributed by atoms with E-state index >= 15 is 0 Å². The molecular formula is C12H15Cl3NO2+. The molecule has 1 saturated heterocycles. The van der Waals surface area contributed by atoms with Crippen molar-refractivity contribution in [2.75, 3.05) is 39.5 Å². The Kier molecular flexibility index (Phi) is 5.39. The zero-order chi connectivity index (χ0) is 13.0. The van der Waals surface area contributed by atoms with Gasteiger partial charge in [0.2, 0.25) is 0 Å². The number of hydrogen-bond donors (Lipinski definition) is 1. The summed E-state index contributed by atoms with van der Waals surface area (Å²) in [4.78, 5) is 1.47. The summed E-state index contributed by atoms with van der Waals surface area (Å²) < 4.78 is 10.9. The van der Waals surface area contributed by atoms with Crippen LogP contribution in [0.25, 0.3) is 0 Å². The standard InChI is InChI=1S/C12H14Cl3NO2/c13-9-7-10(14)12(11(15)8-9)18-6-3-16-1-4-17-5-2-16/h7-8H,1-6H2/p+1. The lowest BCUT2D eigenvalue weighted by molar-refractivity contribution is -0.908. The fourth-order valence-corrected chi connectivity index (χ4v) is 2.80. The monoisotopic (exact) mass is 310 g/mol. The normalized spacial score (nSPS) is 16.8. The third kappa shape index (κ3) is 3.90. The highest BCUT2D eigenvalue weighted by Crippen LogP contribution is 2.35. The van der Waals surface area contributed by atoms with Crippen molar-refractivity contribution in [3.05, 3.63) is 27.2 Å². The van der Waals surface area contributed by atoms with Gasteiger partial charge in [-0.25, -0.2) is 0 Å². The van der Waals surface area contributed by atoms with Crippen LogP contribution in [0, 0.1) is 0 Å². The van der Waals surface area contributed by atoms with Crippen LogP contribution in [0.1, 0.15) is 0 Å². The van der Waals surface area contributed by atoms with Gasteiger partial charge in [-0.3, -0.25) is 0 Å². The molecule has 1 aromatic carbocycles. The summed E-state index contributed by atoms with van der Waals surface area (Å²) in [6.45, 7) is 5.17. The fraction of sp³-hybridized carbons (Fsp3) is 0.500. The lowest BCUT2D eigenvalue weighted by atomic mass is 10.3. The number of ether oxygens (including phenoxy) is 2.